The second-order valence-corrected chi connectivity index (χ2v) is 5.48. The second kappa shape index (κ2) is 6.09. The molecule has 0 aliphatic rings. The highest BCUT2D eigenvalue weighted by Crippen LogP contribution is 2.17. The van der Waals surface area contributed by atoms with Crippen molar-refractivity contribution in [3.63, 3.8) is 0 Å². The predicted molar refractivity (Wildman–Crippen MR) is 76.4 cm³/mol. The first kappa shape index (κ1) is 14.6. The monoisotopic (exact) mass is 295 g/mol. The van der Waals surface area contributed by atoms with Crippen molar-refractivity contribution in [2.45, 2.75) is 32.4 Å². The maximum absolute atomic E-state index is 12.2. The van der Waals surface area contributed by atoms with Crippen LogP contribution in [0, 0.1) is 0 Å². The normalized spacial score (nSPS) is 11.6. The third-order valence-corrected chi connectivity index (χ3v) is 3.28. The van der Waals surface area contributed by atoms with Gasteiger partial charge in [0, 0.05) is 31.7 Å². The molecular formula is C13H18ClN5O. The van der Waals surface area contributed by atoms with Crippen LogP contribution in [-0.4, -0.2) is 32.0 Å². The zero-order chi connectivity index (χ0) is 14.6. The van der Waals surface area contributed by atoms with Crippen LogP contribution in [0.25, 0.3) is 0 Å². The van der Waals surface area contributed by atoms with Crippen LogP contribution in [0.4, 0.5) is 0 Å². The minimum absolute atomic E-state index is 0.0854. The number of hydrogen-bond donors (Lipinski definition) is 1. The molecule has 1 N–H and O–H groups in total. The van der Waals surface area contributed by atoms with Crippen LogP contribution in [0.15, 0.2) is 30.9 Å². The Balaban J connectivity index is 1.82. The molecule has 0 fully saturated rings. The van der Waals surface area contributed by atoms with Gasteiger partial charge in [-0.25, -0.2) is 0 Å². The fraction of sp³-hybridized carbons (Fsp3) is 0.462. The first-order valence-electron chi connectivity index (χ1n) is 6.46. The van der Waals surface area contributed by atoms with Gasteiger partial charge in [-0.2, -0.15) is 10.2 Å². The molecule has 108 valence electrons. The summed E-state index contributed by atoms with van der Waals surface area (Å²) in [5.74, 6) is -0.0854. The number of aryl methyl sites for hydroxylation is 1. The number of nitrogens with zero attached hydrogens (tertiary/aromatic N) is 4. The van der Waals surface area contributed by atoms with E-state index in [1.165, 1.54) is 6.20 Å². The van der Waals surface area contributed by atoms with E-state index in [1.54, 1.807) is 30.9 Å². The number of rotatable bonds is 6. The van der Waals surface area contributed by atoms with Gasteiger partial charge in [-0.1, -0.05) is 11.6 Å². The summed E-state index contributed by atoms with van der Waals surface area (Å²) in [5, 5.41) is 11.6. The molecule has 2 heterocycles. The van der Waals surface area contributed by atoms with Gasteiger partial charge in [-0.3, -0.25) is 14.2 Å². The van der Waals surface area contributed by atoms with E-state index in [-0.39, 0.29) is 5.91 Å². The molecule has 2 rings (SSSR count). The van der Waals surface area contributed by atoms with Crippen molar-refractivity contribution in [3.8, 4) is 0 Å². The van der Waals surface area contributed by atoms with Crippen molar-refractivity contribution in [1.82, 2.24) is 24.9 Å². The number of hydrogen-bond acceptors (Lipinski definition) is 3. The van der Waals surface area contributed by atoms with E-state index in [0.29, 0.717) is 11.6 Å². The van der Waals surface area contributed by atoms with Crippen LogP contribution in [0.2, 0.25) is 5.02 Å². The lowest BCUT2D eigenvalue weighted by Crippen LogP contribution is -2.45. The SMILES string of the molecule is CC(C)(C(=O)NCCCn1cccn1)n1cc(Cl)cn1. The van der Waals surface area contributed by atoms with E-state index in [1.807, 2.05) is 16.9 Å². The molecule has 2 aromatic heterocycles. The summed E-state index contributed by atoms with van der Waals surface area (Å²) < 4.78 is 3.41. The molecule has 0 unspecified atom stereocenters. The number of halogens is 1. The fourth-order valence-corrected chi connectivity index (χ4v) is 1.94. The Morgan fingerprint density at radius 3 is 2.85 bits per heavy atom. The van der Waals surface area contributed by atoms with Crippen LogP contribution in [-0.2, 0) is 16.9 Å². The van der Waals surface area contributed by atoms with E-state index in [0.717, 1.165) is 13.0 Å². The van der Waals surface area contributed by atoms with Gasteiger partial charge in [-0.05, 0) is 26.3 Å². The minimum Gasteiger partial charge on any atom is -0.354 e. The number of nitrogens with one attached hydrogen (secondary N) is 1. The number of amides is 1. The third-order valence-electron chi connectivity index (χ3n) is 3.09. The number of aromatic nitrogens is 4. The molecule has 0 aromatic carbocycles. The van der Waals surface area contributed by atoms with Crippen LogP contribution in [0.1, 0.15) is 20.3 Å². The van der Waals surface area contributed by atoms with Crippen LogP contribution in [0.5, 0.6) is 0 Å². The second-order valence-electron chi connectivity index (χ2n) is 5.04. The summed E-state index contributed by atoms with van der Waals surface area (Å²) in [6.45, 7) is 4.98. The average Bonchev–Trinajstić information content (AvgIpc) is 3.05. The van der Waals surface area contributed by atoms with Gasteiger partial charge in [0.15, 0.2) is 0 Å². The highest BCUT2D eigenvalue weighted by atomic mass is 35.5. The summed E-state index contributed by atoms with van der Waals surface area (Å²) in [6, 6.07) is 1.88. The van der Waals surface area contributed by atoms with Crippen molar-refractivity contribution in [2.75, 3.05) is 6.54 Å². The quantitative estimate of drug-likeness (QED) is 0.825. The molecule has 1 amide bonds. The Morgan fingerprint density at radius 1 is 1.45 bits per heavy atom. The molecule has 0 saturated heterocycles. The van der Waals surface area contributed by atoms with E-state index in [2.05, 4.69) is 15.5 Å². The van der Waals surface area contributed by atoms with Gasteiger partial charge in [0.05, 0.1) is 11.2 Å². The summed E-state index contributed by atoms with van der Waals surface area (Å²) in [7, 11) is 0. The molecule has 6 nitrogen and oxygen atoms in total. The standard InChI is InChI=1S/C13H18ClN5O/c1-13(2,19-10-11(14)9-17-19)12(20)15-5-3-7-18-8-4-6-16-18/h4,6,8-10H,3,5,7H2,1-2H3,(H,15,20). The van der Waals surface area contributed by atoms with Crippen molar-refractivity contribution in [1.29, 1.82) is 0 Å². The smallest absolute Gasteiger partial charge is 0.247 e. The zero-order valence-corrected chi connectivity index (χ0v) is 12.3. The van der Waals surface area contributed by atoms with Gasteiger partial charge < -0.3 is 5.32 Å². The fourth-order valence-electron chi connectivity index (χ4n) is 1.80. The molecule has 0 aliphatic carbocycles. The Bertz CT molecular complexity index is 561. The average molecular weight is 296 g/mol. The summed E-state index contributed by atoms with van der Waals surface area (Å²) in [5.41, 5.74) is -0.765. The van der Waals surface area contributed by atoms with E-state index < -0.39 is 5.54 Å². The molecule has 0 saturated carbocycles. The topological polar surface area (TPSA) is 64.7 Å². The predicted octanol–water partition coefficient (Wildman–Crippen LogP) is 1.67. The molecular weight excluding hydrogens is 278 g/mol. The van der Waals surface area contributed by atoms with Gasteiger partial charge >= 0.3 is 0 Å². The molecule has 20 heavy (non-hydrogen) atoms. The van der Waals surface area contributed by atoms with Gasteiger partial charge in [-0.15, -0.1) is 0 Å². The minimum atomic E-state index is -0.765. The van der Waals surface area contributed by atoms with E-state index in [9.17, 15) is 4.79 Å². The maximum Gasteiger partial charge on any atom is 0.247 e. The lowest BCUT2D eigenvalue weighted by molar-refractivity contribution is -0.128. The Morgan fingerprint density at radius 2 is 2.25 bits per heavy atom. The third kappa shape index (κ3) is 3.39. The summed E-state index contributed by atoms with van der Waals surface area (Å²) in [6.07, 6.45) is 7.63. The highest BCUT2D eigenvalue weighted by molar-refractivity contribution is 6.30. The first-order valence-corrected chi connectivity index (χ1v) is 6.84. The molecule has 7 heteroatoms. The Kier molecular flexibility index (Phi) is 4.44. The summed E-state index contributed by atoms with van der Waals surface area (Å²) >= 11 is 5.83. The van der Waals surface area contributed by atoms with E-state index >= 15 is 0 Å². The van der Waals surface area contributed by atoms with Gasteiger partial charge in [0.25, 0.3) is 0 Å². The van der Waals surface area contributed by atoms with Crippen LogP contribution in [0.3, 0.4) is 0 Å². The van der Waals surface area contributed by atoms with Crippen molar-refractivity contribution in [2.24, 2.45) is 0 Å². The largest absolute Gasteiger partial charge is 0.354 e. The zero-order valence-electron chi connectivity index (χ0n) is 11.6. The molecule has 0 atom stereocenters. The van der Waals surface area contributed by atoms with Crippen molar-refractivity contribution in [3.05, 3.63) is 35.9 Å². The number of carbonyl (C=O) groups excluding carboxylic acids is 1. The molecule has 0 spiro atoms. The van der Waals surface area contributed by atoms with Crippen LogP contribution >= 0.6 is 11.6 Å². The molecule has 0 aliphatic heterocycles. The number of carbonyl (C=O) groups is 1. The molecule has 0 radical (unpaired) electrons. The maximum atomic E-state index is 12.2. The first-order chi connectivity index (χ1) is 9.50. The molecule has 0 bridgehead atoms. The van der Waals surface area contributed by atoms with Crippen molar-refractivity contribution < 1.29 is 4.79 Å². The Labute approximate surface area is 122 Å². The van der Waals surface area contributed by atoms with Crippen molar-refractivity contribution >= 4 is 17.5 Å². The summed E-state index contributed by atoms with van der Waals surface area (Å²) in [4.78, 5) is 12.2. The lowest BCUT2D eigenvalue weighted by Gasteiger charge is -2.24. The van der Waals surface area contributed by atoms with Gasteiger partial charge in [0.1, 0.15) is 5.54 Å². The lowest BCUT2D eigenvalue weighted by atomic mass is 10.1. The Hall–Kier alpha value is -1.82. The van der Waals surface area contributed by atoms with E-state index in [4.69, 9.17) is 11.6 Å². The van der Waals surface area contributed by atoms with Gasteiger partial charge in [0.2, 0.25) is 5.91 Å². The molecule has 2 aromatic rings. The van der Waals surface area contributed by atoms with Crippen LogP contribution < -0.4 is 5.32 Å². The highest BCUT2D eigenvalue weighted by Gasteiger charge is 2.30.